The lowest BCUT2D eigenvalue weighted by Crippen LogP contribution is -2.14. The highest BCUT2D eigenvalue weighted by Crippen LogP contribution is 2.50. The minimum Gasteiger partial charge on any atom is -0.0619 e. The number of hydrogen-bond donors (Lipinski definition) is 0. The highest BCUT2D eigenvalue weighted by molar-refractivity contribution is 6.26. The van der Waals surface area contributed by atoms with Crippen molar-refractivity contribution in [3.63, 3.8) is 0 Å². The summed E-state index contributed by atoms with van der Waals surface area (Å²) in [6, 6.07) is 62.3. The topological polar surface area (TPSA) is 0 Å². The van der Waals surface area contributed by atoms with E-state index in [1.807, 2.05) is 0 Å². The first-order valence-corrected chi connectivity index (χ1v) is 19.7. The van der Waals surface area contributed by atoms with E-state index >= 15 is 0 Å². The van der Waals surface area contributed by atoms with Crippen LogP contribution in [0.3, 0.4) is 0 Å². The van der Waals surface area contributed by atoms with Gasteiger partial charge >= 0.3 is 0 Å². The first-order chi connectivity index (χ1) is 26.6. The average Bonchev–Trinajstić information content (AvgIpc) is 3.44. The lowest BCUT2D eigenvalue weighted by atomic mass is 9.81. The van der Waals surface area contributed by atoms with E-state index in [0.29, 0.717) is 0 Å². The molecule has 0 amide bonds. The quantitative estimate of drug-likeness (QED) is 0.161. The van der Waals surface area contributed by atoms with E-state index in [-0.39, 0.29) is 10.8 Å². The summed E-state index contributed by atoms with van der Waals surface area (Å²) >= 11 is 0. The number of benzene rings is 10. The third kappa shape index (κ3) is 4.77. The van der Waals surface area contributed by atoms with Gasteiger partial charge in [0.1, 0.15) is 0 Å². The monoisotopic (exact) mass is 702 g/mol. The van der Waals surface area contributed by atoms with E-state index in [2.05, 4.69) is 198 Å². The van der Waals surface area contributed by atoms with Crippen molar-refractivity contribution in [2.45, 2.75) is 45.4 Å². The smallest absolute Gasteiger partial charge is 0.0159 e. The standard InChI is InChI=1S/C55H42/c1-54(2,3)41-28-38-20-17-34-21-24-43(47-26-23-39(29-41)52(38)53(34)47)37-19-18-36-27-40(31-49(48(36)30-37)44-15-10-12-33-11-6-7-13-42(33)44)35-22-25-46-45-14-8-9-16-50(45)55(4,5)51(46)32-35/h6-32H,1-5H3. The van der Waals surface area contributed by atoms with Gasteiger partial charge in [-0.25, -0.2) is 0 Å². The van der Waals surface area contributed by atoms with Crippen LogP contribution in [-0.2, 0) is 10.8 Å². The number of hydrogen-bond acceptors (Lipinski definition) is 0. The van der Waals surface area contributed by atoms with Crippen LogP contribution in [-0.4, -0.2) is 0 Å². The first-order valence-electron chi connectivity index (χ1n) is 19.7. The van der Waals surface area contributed by atoms with E-state index < -0.39 is 0 Å². The van der Waals surface area contributed by atoms with Gasteiger partial charge in [-0.1, -0.05) is 174 Å². The van der Waals surface area contributed by atoms with Crippen molar-refractivity contribution >= 4 is 53.9 Å². The van der Waals surface area contributed by atoms with Crippen LogP contribution in [0.15, 0.2) is 164 Å². The molecule has 262 valence electrons. The third-order valence-electron chi connectivity index (χ3n) is 12.7. The van der Waals surface area contributed by atoms with Crippen LogP contribution >= 0.6 is 0 Å². The molecule has 0 unspecified atom stereocenters. The Labute approximate surface area is 323 Å². The summed E-state index contributed by atoms with van der Waals surface area (Å²) in [7, 11) is 0. The zero-order chi connectivity index (χ0) is 37.2. The van der Waals surface area contributed by atoms with Gasteiger partial charge in [-0.15, -0.1) is 0 Å². The average molecular weight is 703 g/mol. The normalized spacial score (nSPS) is 13.7. The zero-order valence-electron chi connectivity index (χ0n) is 32.1. The van der Waals surface area contributed by atoms with E-state index in [4.69, 9.17) is 0 Å². The van der Waals surface area contributed by atoms with Crippen molar-refractivity contribution in [2.75, 3.05) is 0 Å². The number of fused-ring (bicyclic) bond motifs is 5. The van der Waals surface area contributed by atoms with Gasteiger partial charge in [0.15, 0.2) is 0 Å². The van der Waals surface area contributed by atoms with E-state index in [0.717, 1.165) is 0 Å². The van der Waals surface area contributed by atoms with Gasteiger partial charge in [0.25, 0.3) is 0 Å². The van der Waals surface area contributed by atoms with Crippen LogP contribution in [0.1, 0.15) is 51.3 Å². The summed E-state index contributed by atoms with van der Waals surface area (Å²) in [4.78, 5) is 0. The molecule has 1 aliphatic rings. The second-order valence-electron chi connectivity index (χ2n) is 17.4. The molecule has 1 aliphatic carbocycles. The predicted molar refractivity (Wildman–Crippen MR) is 238 cm³/mol. The van der Waals surface area contributed by atoms with Crippen LogP contribution in [0, 0.1) is 0 Å². The molecule has 0 fully saturated rings. The highest BCUT2D eigenvalue weighted by Gasteiger charge is 2.35. The zero-order valence-corrected chi connectivity index (χ0v) is 32.1. The van der Waals surface area contributed by atoms with Gasteiger partial charge in [0.05, 0.1) is 0 Å². The van der Waals surface area contributed by atoms with Crippen LogP contribution in [0.25, 0.3) is 98.4 Å². The second-order valence-corrected chi connectivity index (χ2v) is 17.4. The highest BCUT2D eigenvalue weighted by atomic mass is 14.4. The Bertz CT molecular complexity index is 3180. The van der Waals surface area contributed by atoms with E-state index in [1.54, 1.807) is 0 Å². The molecule has 55 heavy (non-hydrogen) atoms. The maximum absolute atomic E-state index is 2.45. The van der Waals surface area contributed by atoms with Crippen molar-refractivity contribution < 1.29 is 0 Å². The summed E-state index contributed by atoms with van der Waals surface area (Å²) in [5.41, 5.74) is 14.5. The predicted octanol–water partition coefficient (Wildman–Crippen LogP) is 15.5. The van der Waals surface area contributed by atoms with Gasteiger partial charge in [-0.3, -0.25) is 0 Å². The molecule has 0 saturated carbocycles. The SMILES string of the molecule is CC(C)(C)c1cc2ccc3ccc(-c4ccc5cc(-c6ccc7c(c6)C(C)(C)c6ccccc6-7)cc(-c6cccc7ccccc67)c5c4)c4ccc(c1)c2c34. The fourth-order valence-corrected chi connectivity index (χ4v) is 9.76. The summed E-state index contributed by atoms with van der Waals surface area (Å²) in [5.74, 6) is 0. The summed E-state index contributed by atoms with van der Waals surface area (Å²) in [6.45, 7) is 11.6. The van der Waals surface area contributed by atoms with Gasteiger partial charge in [-0.2, -0.15) is 0 Å². The lowest BCUT2D eigenvalue weighted by molar-refractivity contribution is 0.591. The van der Waals surface area contributed by atoms with Crippen molar-refractivity contribution in [2.24, 2.45) is 0 Å². The largest absolute Gasteiger partial charge is 0.0619 e. The van der Waals surface area contributed by atoms with Gasteiger partial charge in [0.2, 0.25) is 0 Å². The molecule has 0 saturated heterocycles. The Morgan fingerprint density at radius 1 is 0.345 bits per heavy atom. The minimum atomic E-state index is -0.0539. The van der Waals surface area contributed by atoms with Gasteiger partial charge in [0, 0.05) is 5.41 Å². The molecule has 11 rings (SSSR count). The Balaban J connectivity index is 1.13. The van der Waals surface area contributed by atoms with Crippen LogP contribution in [0.2, 0.25) is 0 Å². The summed E-state index contributed by atoms with van der Waals surface area (Å²) in [6.07, 6.45) is 0. The molecule has 0 radical (unpaired) electrons. The molecule has 0 bridgehead atoms. The van der Waals surface area contributed by atoms with Crippen molar-refractivity contribution in [1.82, 2.24) is 0 Å². The minimum absolute atomic E-state index is 0.0539. The van der Waals surface area contributed by atoms with Gasteiger partial charge < -0.3 is 0 Å². The van der Waals surface area contributed by atoms with Crippen molar-refractivity contribution in [1.29, 1.82) is 0 Å². The Morgan fingerprint density at radius 3 is 1.85 bits per heavy atom. The number of rotatable bonds is 3. The second kappa shape index (κ2) is 11.4. The molecular weight excluding hydrogens is 661 g/mol. The summed E-state index contributed by atoms with van der Waals surface area (Å²) < 4.78 is 0. The Morgan fingerprint density at radius 2 is 1.00 bits per heavy atom. The lowest BCUT2D eigenvalue weighted by Gasteiger charge is -2.22. The maximum atomic E-state index is 2.45. The molecule has 0 atom stereocenters. The molecule has 0 nitrogen and oxygen atoms in total. The molecule has 10 aromatic carbocycles. The molecule has 0 spiro atoms. The maximum Gasteiger partial charge on any atom is 0.0159 e. The molecule has 0 aromatic heterocycles. The van der Waals surface area contributed by atoms with Crippen LogP contribution < -0.4 is 0 Å². The molecule has 0 heteroatoms. The summed E-state index contributed by atoms with van der Waals surface area (Å²) in [5, 5.41) is 13.0. The van der Waals surface area contributed by atoms with Gasteiger partial charge in [-0.05, 0) is 145 Å². The van der Waals surface area contributed by atoms with Crippen LogP contribution in [0.5, 0.6) is 0 Å². The Kier molecular flexibility index (Phi) is 6.67. The Hall–Kier alpha value is -6.24. The van der Waals surface area contributed by atoms with Crippen LogP contribution in [0.4, 0.5) is 0 Å². The molecule has 0 aliphatic heterocycles. The third-order valence-corrected chi connectivity index (χ3v) is 12.7. The van der Waals surface area contributed by atoms with Crippen molar-refractivity contribution in [3.8, 4) is 44.5 Å². The fraction of sp³-hybridized carbons (Fsp3) is 0.127. The van der Waals surface area contributed by atoms with Crippen molar-refractivity contribution in [3.05, 3.63) is 180 Å². The molecule has 10 aromatic rings. The molecule has 0 heterocycles. The first kappa shape index (κ1) is 32.2. The fourth-order valence-electron chi connectivity index (χ4n) is 9.76. The molecular formula is C55H42. The molecule has 0 N–H and O–H groups in total. The van der Waals surface area contributed by atoms with E-state index in [9.17, 15) is 0 Å². The van der Waals surface area contributed by atoms with E-state index in [1.165, 1.54) is 115 Å².